The molecule has 14 heavy (non-hydrogen) atoms. The predicted molar refractivity (Wildman–Crippen MR) is 44.5 cm³/mol. The van der Waals surface area contributed by atoms with Gasteiger partial charge in [-0.3, -0.25) is 0 Å². The Labute approximate surface area is 81.1 Å². The fourth-order valence-corrected chi connectivity index (χ4v) is 0.868. The van der Waals surface area contributed by atoms with Crippen molar-refractivity contribution >= 4 is 0 Å². The lowest BCUT2D eigenvalue weighted by Gasteiger charge is -2.20. The number of methoxy groups -OCH3 is 1. The molecule has 0 N–H and O–H groups in total. The highest BCUT2D eigenvalue weighted by Gasteiger charge is 2.40. The third kappa shape index (κ3) is 5.04. The number of rotatable bonds is 5. The van der Waals surface area contributed by atoms with Crippen molar-refractivity contribution < 1.29 is 17.9 Å². The Balaban J connectivity index is 4.01. The second-order valence-electron chi connectivity index (χ2n) is 2.98. The van der Waals surface area contributed by atoms with Crippen LogP contribution in [-0.4, -0.2) is 44.9 Å². The second kappa shape index (κ2) is 5.83. The van der Waals surface area contributed by atoms with Crippen LogP contribution in [0.15, 0.2) is 0 Å². The molecule has 0 saturated heterocycles. The van der Waals surface area contributed by atoms with Crippen molar-refractivity contribution in [1.29, 1.82) is 5.26 Å². The van der Waals surface area contributed by atoms with Crippen LogP contribution in [0.1, 0.15) is 0 Å². The van der Waals surface area contributed by atoms with Crippen molar-refractivity contribution in [1.82, 2.24) is 4.90 Å². The van der Waals surface area contributed by atoms with E-state index >= 15 is 0 Å². The summed E-state index contributed by atoms with van der Waals surface area (Å²) in [5.41, 5.74) is 0. The Morgan fingerprint density at radius 2 is 2.07 bits per heavy atom. The van der Waals surface area contributed by atoms with Gasteiger partial charge in [-0.2, -0.15) is 18.4 Å². The Hall–Kier alpha value is -0.800. The van der Waals surface area contributed by atoms with Gasteiger partial charge in [0.05, 0.1) is 12.7 Å². The number of halogens is 3. The molecule has 0 fully saturated rings. The van der Waals surface area contributed by atoms with Gasteiger partial charge in [0.2, 0.25) is 0 Å². The molecule has 3 nitrogen and oxygen atoms in total. The first-order valence-electron chi connectivity index (χ1n) is 4.05. The Kier molecular flexibility index (Phi) is 5.50. The third-order valence-corrected chi connectivity index (χ3v) is 1.72. The van der Waals surface area contributed by atoms with E-state index in [2.05, 4.69) is 0 Å². The van der Waals surface area contributed by atoms with Crippen LogP contribution in [-0.2, 0) is 4.74 Å². The number of nitrogens with zero attached hydrogens (tertiary/aromatic N) is 2. The fraction of sp³-hybridized carbons (Fsp3) is 0.875. The van der Waals surface area contributed by atoms with Crippen LogP contribution in [0.25, 0.3) is 0 Å². The summed E-state index contributed by atoms with van der Waals surface area (Å²) in [6.45, 7) is 0.417. The molecule has 0 rings (SSSR count). The lowest BCUT2D eigenvalue weighted by atomic mass is 10.1. The van der Waals surface area contributed by atoms with Gasteiger partial charge in [0, 0.05) is 20.2 Å². The van der Waals surface area contributed by atoms with Gasteiger partial charge in [-0.25, -0.2) is 0 Å². The average Bonchev–Trinajstić information content (AvgIpc) is 2.08. The Bertz CT molecular complexity index is 200. The van der Waals surface area contributed by atoms with Crippen LogP contribution in [0.4, 0.5) is 13.2 Å². The maximum Gasteiger partial charge on any atom is 0.405 e. The lowest BCUT2D eigenvalue weighted by molar-refractivity contribution is -0.162. The van der Waals surface area contributed by atoms with Crippen LogP contribution in [0.5, 0.6) is 0 Å². The minimum Gasteiger partial charge on any atom is -0.383 e. The van der Waals surface area contributed by atoms with E-state index in [0.717, 1.165) is 0 Å². The number of likely N-dealkylation sites (N-methyl/N-ethyl adjacent to an activating group) is 1. The highest BCUT2D eigenvalue weighted by molar-refractivity contribution is 4.90. The third-order valence-electron chi connectivity index (χ3n) is 1.72. The molecule has 0 amide bonds. The van der Waals surface area contributed by atoms with E-state index in [0.29, 0.717) is 13.2 Å². The van der Waals surface area contributed by atoms with Crippen LogP contribution in [0.3, 0.4) is 0 Å². The van der Waals surface area contributed by atoms with Crippen molar-refractivity contribution in [2.45, 2.75) is 6.18 Å². The Morgan fingerprint density at radius 3 is 2.43 bits per heavy atom. The zero-order valence-corrected chi connectivity index (χ0v) is 8.14. The highest BCUT2D eigenvalue weighted by atomic mass is 19.4. The van der Waals surface area contributed by atoms with E-state index in [1.165, 1.54) is 25.1 Å². The molecule has 0 bridgehead atoms. The summed E-state index contributed by atoms with van der Waals surface area (Å²) in [5, 5.41) is 8.31. The molecule has 0 aromatic rings. The molecule has 1 atom stereocenters. The molecular weight excluding hydrogens is 197 g/mol. The van der Waals surface area contributed by atoms with E-state index in [4.69, 9.17) is 10.00 Å². The maximum atomic E-state index is 12.1. The SMILES string of the molecule is COCCN(C)CC(C#N)C(F)(F)F. The van der Waals surface area contributed by atoms with E-state index in [9.17, 15) is 13.2 Å². The summed E-state index contributed by atoms with van der Waals surface area (Å²) in [7, 11) is 2.99. The van der Waals surface area contributed by atoms with E-state index < -0.39 is 12.1 Å². The minimum atomic E-state index is -4.45. The number of hydrogen-bond donors (Lipinski definition) is 0. The molecule has 0 aliphatic carbocycles. The summed E-state index contributed by atoms with van der Waals surface area (Å²) < 4.78 is 41.1. The molecule has 0 aromatic heterocycles. The van der Waals surface area contributed by atoms with Crippen molar-refractivity contribution in [3.8, 4) is 6.07 Å². The van der Waals surface area contributed by atoms with Crippen molar-refractivity contribution in [2.75, 3.05) is 33.9 Å². The number of hydrogen-bond acceptors (Lipinski definition) is 3. The molecule has 0 aliphatic heterocycles. The molecule has 1 unspecified atom stereocenters. The van der Waals surface area contributed by atoms with Crippen LogP contribution >= 0.6 is 0 Å². The minimum absolute atomic E-state index is 0.316. The molecule has 0 aromatic carbocycles. The van der Waals surface area contributed by atoms with Crippen molar-refractivity contribution in [2.24, 2.45) is 5.92 Å². The van der Waals surface area contributed by atoms with Gasteiger partial charge >= 0.3 is 6.18 Å². The van der Waals surface area contributed by atoms with Crippen LogP contribution < -0.4 is 0 Å². The predicted octanol–water partition coefficient (Wildman–Crippen LogP) is 1.27. The summed E-state index contributed by atoms with van der Waals surface area (Å²) in [4.78, 5) is 1.42. The van der Waals surface area contributed by atoms with Gasteiger partial charge in [-0.15, -0.1) is 0 Å². The second-order valence-corrected chi connectivity index (χ2v) is 2.98. The average molecular weight is 210 g/mol. The fourth-order valence-electron chi connectivity index (χ4n) is 0.868. The monoisotopic (exact) mass is 210 g/mol. The van der Waals surface area contributed by atoms with Crippen LogP contribution in [0, 0.1) is 17.2 Å². The summed E-state index contributed by atoms with van der Waals surface area (Å²) in [6, 6.07) is 1.24. The largest absolute Gasteiger partial charge is 0.405 e. The molecule has 6 heteroatoms. The molecule has 82 valence electrons. The van der Waals surface area contributed by atoms with Gasteiger partial charge in [0.1, 0.15) is 0 Å². The zero-order chi connectivity index (χ0) is 11.2. The number of nitriles is 1. The smallest absolute Gasteiger partial charge is 0.383 e. The van der Waals surface area contributed by atoms with Gasteiger partial charge in [-0.05, 0) is 7.05 Å². The molecule has 0 heterocycles. The first kappa shape index (κ1) is 13.2. The number of alkyl halides is 3. The van der Waals surface area contributed by atoms with E-state index in [1.807, 2.05) is 0 Å². The Morgan fingerprint density at radius 1 is 1.50 bits per heavy atom. The molecule has 0 saturated carbocycles. The molecular formula is C8H13F3N2O. The molecule has 0 radical (unpaired) electrons. The number of ether oxygens (including phenoxy) is 1. The quantitative estimate of drug-likeness (QED) is 0.685. The summed E-state index contributed by atoms with van der Waals surface area (Å²) in [6.07, 6.45) is -4.45. The maximum absolute atomic E-state index is 12.1. The van der Waals surface area contributed by atoms with Gasteiger partial charge in [0.25, 0.3) is 0 Å². The van der Waals surface area contributed by atoms with Crippen LogP contribution in [0.2, 0.25) is 0 Å². The lowest BCUT2D eigenvalue weighted by Crippen LogP contribution is -2.35. The normalized spacial score (nSPS) is 14.1. The van der Waals surface area contributed by atoms with Gasteiger partial charge in [-0.1, -0.05) is 0 Å². The van der Waals surface area contributed by atoms with Gasteiger partial charge < -0.3 is 9.64 Å². The zero-order valence-electron chi connectivity index (χ0n) is 8.14. The standard InChI is InChI=1S/C8H13F3N2O/c1-13(3-4-14-2)6-7(5-12)8(9,10)11/h7H,3-4,6H2,1-2H3. The molecule has 0 aliphatic rings. The first-order valence-corrected chi connectivity index (χ1v) is 4.05. The van der Waals surface area contributed by atoms with E-state index in [-0.39, 0.29) is 6.54 Å². The topological polar surface area (TPSA) is 36.3 Å². The van der Waals surface area contributed by atoms with Crippen molar-refractivity contribution in [3.05, 3.63) is 0 Å². The summed E-state index contributed by atoms with van der Waals surface area (Å²) in [5.74, 6) is -1.93. The first-order chi connectivity index (χ1) is 6.41. The highest BCUT2D eigenvalue weighted by Crippen LogP contribution is 2.25. The van der Waals surface area contributed by atoms with E-state index in [1.54, 1.807) is 0 Å². The van der Waals surface area contributed by atoms with Crippen molar-refractivity contribution in [3.63, 3.8) is 0 Å². The summed E-state index contributed by atoms with van der Waals surface area (Å²) >= 11 is 0. The molecule has 0 spiro atoms. The van der Waals surface area contributed by atoms with Gasteiger partial charge in [0.15, 0.2) is 5.92 Å².